The quantitative estimate of drug-likeness (QED) is 0.750. The molecule has 2 atom stereocenters. The Labute approximate surface area is 137 Å². The molecular weight excluding hydrogens is 298 g/mol. The van der Waals surface area contributed by atoms with Crippen LogP contribution in [0.5, 0.6) is 0 Å². The summed E-state index contributed by atoms with van der Waals surface area (Å²) in [5, 5.41) is 8.48. The molecular formula is C16H27N3O2S. The largest absolute Gasteiger partial charge is 0.416 e. The summed E-state index contributed by atoms with van der Waals surface area (Å²) < 4.78 is 5.63. The van der Waals surface area contributed by atoms with Crippen LogP contribution < -0.4 is 0 Å². The van der Waals surface area contributed by atoms with Gasteiger partial charge >= 0.3 is 0 Å². The zero-order valence-corrected chi connectivity index (χ0v) is 14.9. The van der Waals surface area contributed by atoms with Gasteiger partial charge in [0.2, 0.25) is 11.8 Å². The Morgan fingerprint density at radius 1 is 1.45 bits per heavy atom. The molecule has 1 aromatic rings. The lowest BCUT2D eigenvalue weighted by molar-refractivity contribution is -0.133. The fraction of sp³-hybridized carbons (Fsp3) is 0.812. The number of likely N-dealkylation sites (tertiary alicyclic amines) is 1. The number of carbonyl (C=O) groups is 1. The highest BCUT2D eigenvalue weighted by Gasteiger charge is 2.31. The van der Waals surface area contributed by atoms with Gasteiger partial charge in [-0.25, -0.2) is 0 Å². The van der Waals surface area contributed by atoms with Crippen LogP contribution in [0.15, 0.2) is 9.64 Å². The van der Waals surface area contributed by atoms with Crippen molar-refractivity contribution >= 4 is 17.7 Å². The second kappa shape index (κ2) is 7.99. The van der Waals surface area contributed by atoms with E-state index in [1.807, 2.05) is 4.90 Å². The smallest absolute Gasteiger partial charge is 0.277 e. The number of aromatic nitrogens is 2. The average molecular weight is 325 g/mol. The van der Waals surface area contributed by atoms with Crippen molar-refractivity contribution in [2.24, 2.45) is 11.8 Å². The van der Waals surface area contributed by atoms with Crippen LogP contribution in [-0.4, -0.2) is 39.3 Å². The molecule has 0 spiro atoms. The van der Waals surface area contributed by atoms with Crippen molar-refractivity contribution in [1.29, 1.82) is 0 Å². The molecule has 1 saturated heterocycles. The first-order valence-corrected chi connectivity index (χ1v) is 9.17. The third-order valence-corrected chi connectivity index (χ3v) is 5.32. The van der Waals surface area contributed by atoms with Gasteiger partial charge in [0.15, 0.2) is 0 Å². The van der Waals surface area contributed by atoms with Crippen LogP contribution in [0.1, 0.15) is 52.8 Å². The highest BCUT2D eigenvalue weighted by molar-refractivity contribution is 8.00. The molecule has 0 bridgehead atoms. The molecule has 0 radical (unpaired) electrons. The van der Waals surface area contributed by atoms with Gasteiger partial charge in [-0.05, 0) is 31.1 Å². The molecule has 22 heavy (non-hydrogen) atoms. The summed E-state index contributed by atoms with van der Waals surface area (Å²) in [5.41, 5.74) is 0. The molecule has 6 heteroatoms. The summed E-state index contributed by atoms with van der Waals surface area (Å²) in [5.74, 6) is 1.69. The minimum atomic E-state index is -0.153. The normalized spacial score (nSPS) is 20.4. The van der Waals surface area contributed by atoms with Crippen molar-refractivity contribution in [3.63, 3.8) is 0 Å². The molecule has 1 fully saturated rings. The zero-order valence-electron chi connectivity index (χ0n) is 14.0. The van der Waals surface area contributed by atoms with E-state index in [0.29, 0.717) is 17.0 Å². The molecule has 124 valence electrons. The molecule has 2 heterocycles. The summed E-state index contributed by atoms with van der Waals surface area (Å²) in [7, 11) is 0. The molecule has 1 aliphatic heterocycles. The average Bonchev–Trinajstić information content (AvgIpc) is 2.91. The first-order valence-electron chi connectivity index (χ1n) is 8.29. The van der Waals surface area contributed by atoms with E-state index in [0.717, 1.165) is 32.4 Å². The molecule has 2 rings (SSSR count). The van der Waals surface area contributed by atoms with Gasteiger partial charge in [-0.2, -0.15) is 0 Å². The zero-order chi connectivity index (χ0) is 16.1. The van der Waals surface area contributed by atoms with Crippen LogP contribution >= 0.6 is 11.8 Å². The number of amides is 1. The fourth-order valence-corrected chi connectivity index (χ4v) is 3.72. The van der Waals surface area contributed by atoms with E-state index in [1.54, 1.807) is 0 Å². The lowest BCUT2D eigenvalue weighted by Gasteiger charge is -2.34. The van der Waals surface area contributed by atoms with E-state index >= 15 is 0 Å². The number of thioether (sulfide) groups is 1. The molecule has 5 nitrogen and oxygen atoms in total. The van der Waals surface area contributed by atoms with Gasteiger partial charge in [0, 0.05) is 19.5 Å². The summed E-state index contributed by atoms with van der Waals surface area (Å²) in [6, 6.07) is 0. The van der Waals surface area contributed by atoms with E-state index in [9.17, 15) is 4.79 Å². The maximum atomic E-state index is 12.8. The standard InChI is InChI=1S/C16H27N3O2S/c1-5-7-13-17-18-16(21-13)22-14(11(2)3)15(20)19-9-6-8-12(4)10-19/h11-12,14H,5-10H2,1-4H3/t12-,14+/m0/s1. The van der Waals surface area contributed by atoms with Gasteiger partial charge in [0.25, 0.3) is 5.22 Å². The van der Waals surface area contributed by atoms with Crippen molar-refractivity contribution < 1.29 is 9.21 Å². The van der Waals surface area contributed by atoms with Crippen LogP contribution in [0.25, 0.3) is 0 Å². The van der Waals surface area contributed by atoms with Crippen LogP contribution in [0, 0.1) is 11.8 Å². The highest BCUT2D eigenvalue weighted by atomic mass is 32.2. The van der Waals surface area contributed by atoms with Crippen molar-refractivity contribution in [3.05, 3.63) is 5.89 Å². The van der Waals surface area contributed by atoms with E-state index < -0.39 is 0 Å². The van der Waals surface area contributed by atoms with Crippen molar-refractivity contribution in [2.45, 2.75) is 63.9 Å². The van der Waals surface area contributed by atoms with Crippen molar-refractivity contribution in [2.75, 3.05) is 13.1 Å². The predicted molar refractivity (Wildman–Crippen MR) is 87.8 cm³/mol. The number of hydrogen-bond donors (Lipinski definition) is 0. The molecule has 0 unspecified atom stereocenters. The summed E-state index contributed by atoms with van der Waals surface area (Å²) in [6.45, 7) is 10.2. The molecule has 1 amide bonds. The second-order valence-corrected chi connectivity index (χ2v) is 7.62. The summed E-state index contributed by atoms with van der Waals surface area (Å²) >= 11 is 1.41. The van der Waals surface area contributed by atoms with Gasteiger partial charge in [-0.15, -0.1) is 10.2 Å². The van der Waals surface area contributed by atoms with E-state index in [4.69, 9.17) is 4.42 Å². The summed E-state index contributed by atoms with van der Waals surface area (Å²) in [6.07, 6.45) is 4.08. The van der Waals surface area contributed by atoms with Crippen LogP contribution in [0.4, 0.5) is 0 Å². The number of piperidine rings is 1. The van der Waals surface area contributed by atoms with Gasteiger partial charge in [0.05, 0.1) is 5.25 Å². The minimum Gasteiger partial charge on any atom is -0.416 e. The van der Waals surface area contributed by atoms with Gasteiger partial charge in [-0.1, -0.05) is 39.5 Å². The molecule has 0 aromatic carbocycles. The third kappa shape index (κ3) is 4.48. The van der Waals surface area contributed by atoms with Crippen LogP contribution in [-0.2, 0) is 11.2 Å². The van der Waals surface area contributed by atoms with Gasteiger partial charge in [0.1, 0.15) is 0 Å². The SMILES string of the molecule is CCCc1nnc(S[C@@H](C(=O)N2CCC[C@H](C)C2)C(C)C)o1. The van der Waals surface area contributed by atoms with E-state index in [1.165, 1.54) is 18.2 Å². The lowest BCUT2D eigenvalue weighted by Crippen LogP contribution is -2.45. The van der Waals surface area contributed by atoms with Gasteiger partial charge < -0.3 is 9.32 Å². The molecule has 1 aromatic heterocycles. The Hall–Kier alpha value is -1.04. The van der Waals surface area contributed by atoms with Crippen molar-refractivity contribution in [1.82, 2.24) is 15.1 Å². The number of hydrogen-bond acceptors (Lipinski definition) is 5. The summed E-state index contributed by atoms with van der Waals surface area (Å²) in [4.78, 5) is 14.8. The number of aryl methyl sites for hydroxylation is 1. The molecule has 0 saturated carbocycles. The molecule has 1 aliphatic rings. The highest BCUT2D eigenvalue weighted by Crippen LogP contribution is 2.30. The second-order valence-electron chi connectivity index (χ2n) is 6.53. The number of nitrogens with zero attached hydrogens (tertiary/aromatic N) is 3. The van der Waals surface area contributed by atoms with Crippen LogP contribution in [0.3, 0.4) is 0 Å². The Morgan fingerprint density at radius 2 is 2.23 bits per heavy atom. The topological polar surface area (TPSA) is 59.2 Å². The maximum Gasteiger partial charge on any atom is 0.277 e. The molecule has 0 N–H and O–H groups in total. The Bertz CT molecular complexity index is 489. The number of rotatable bonds is 6. The Morgan fingerprint density at radius 3 is 2.86 bits per heavy atom. The molecule has 0 aliphatic carbocycles. The van der Waals surface area contributed by atoms with Crippen LogP contribution in [0.2, 0.25) is 0 Å². The van der Waals surface area contributed by atoms with E-state index in [-0.39, 0.29) is 17.1 Å². The monoisotopic (exact) mass is 325 g/mol. The number of carbonyl (C=O) groups excluding carboxylic acids is 1. The van der Waals surface area contributed by atoms with Crippen molar-refractivity contribution in [3.8, 4) is 0 Å². The minimum absolute atomic E-state index is 0.153. The van der Waals surface area contributed by atoms with E-state index in [2.05, 4.69) is 37.9 Å². The first kappa shape index (κ1) is 17.3. The Balaban J connectivity index is 2.03. The first-order chi connectivity index (χ1) is 10.5. The third-order valence-electron chi connectivity index (χ3n) is 3.96. The fourth-order valence-electron chi connectivity index (χ4n) is 2.75. The lowest BCUT2D eigenvalue weighted by atomic mass is 9.99. The Kier molecular flexibility index (Phi) is 6.29. The maximum absolute atomic E-state index is 12.8. The van der Waals surface area contributed by atoms with Gasteiger partial charge in [-0.3, -0.25) is 4.79 Å². The predicted octanol–water partition coefficient (Wildman–Crippen LogP) is 3.40.